The Morgan fingerprint density at radius 1 is 0.905 bits per heavy atom. The first-order valence-electron chi connectivity index (χ1n) is 6.62. The fraction of sp³-hybridized carbons (Fsp3) is 0.188. The Bertz CT molecular complexity index is 745. The minimum absolute atomic E-state index is 0.249. The third kappa shape index (κ3) is 2.77. The molecule has 0 atom stereocenters. The van der Waals surface area contributed by atoms with Crippen molar-refractivity contribution in [3.05, 3.63) is 66.0 Å². The Morgan fingerprint density at radius 3 is 2.29 bits per heavy atom. The Balaban J connectivity index is 1.99. The molecule has 1 heterocycles. The molecule has 3 aromatic rings. The molecule has 0 saturated carbocycles. The molecule has 21 heavy (non-hydrogen) atoms. The second kappa shape index (κ2) is 5.24. The number of imidazole rings is 1. The average Bonchev–Trinajstić information content (AvgIpc) is 2.85. The van der Waals surface area contributed by atoms with Crippen molar-refractivity contribution < 1.29 is 13.2 Å². The molecule has 108 valence electrons. The number of alkyl halides is 3. The lowest BCUT2D eigenvalue weighted by Crippen LogP contribution is -2.16. The molecular formula is C16H13F3N2. The molecule has 0 N–H and O–H groups in total. The van der Waals surface area contributed by atoms with Gasteiger partial charge in [0.25, 0.3) is 0 Å². The van der Waals surface area contributed by atoms with E-state index in [1.807, 2.05) is 30.3 Å². The van der Waals surface area contributed by atoms with E-state index in [1.165, 1.54) is 4.57 Å². The zero-order valence-electron chi connectivity index (χ0n) is 11.1. The van der Waals surface area contributed by atoms with Crippen molar-refractivity contribution in [1.29, 1.82) is 0 Å². The number of aromatic nitrogens is 2. The largest absolute Gasteiger partial charge is 0.449 e. The number of fused-ring (bicyclic) bond motifs is 1. The maximum absolute atomic E-state index is 13.1. The van der Waals surface area contributed by atoms with Crippen molar-refractivity contribution in [3.8, 4) is 0 Å². The summed E-state index contributed by atoms with van der Waals surface area (Å²) in [4.78, 5) is 3.73. The molecule has 0 amide bonds. The highest BCUT2D eigenvalue weighted by atomic mass is 19.4. The number of hydrogen-bond acceptors (Lipinski definition) is 1. The molecule has 5 heteroatoms. The smallest absolute Gasteiger partial charge is 0.320 e. The molecule has 1 aromatic heterocycles. The van der Waals surface area contributed by atoms with Crippen LogP contribution in [0.25, 0.3) is 11.0 Å². The number of para-hydroxylation sites is 2. The van der Waals surface area contributed by atoms with Gasteiger partial charge in [0, 0.05) is 6.54 Å². The van der Waals surface area contributed by atoms with Crippen molar-refractivity contribution in [3.63, 3.8) is 0 Å². The number of halogens is 3. The van der Waals surface area contributed by atoms with Crippen molar-refractivity contribution >= 4 is 11.0 Å². The molecule has 0 fully saturated rings. The summed E-state index contributed by atoms with van der Waals surface area (Å²) < 4.78 is 40.6. The molecule has 0 aliphatic rings. The predicted octanol–water partition coefficient (Wildman–Crippen LogP) is 4.30. The van der Waals surface area contributed by atoms with E-state index in [2.05, 4.69) is 4.98 Å². The topological polar surface area (TPSA) is 17.8 Å². The Hall–Kier alpha value is -2.30. The van der Waals surface area contributed by atoms with Gasteiger partial charge in [-0.3, -0.25) is 0 Å². The van der Waals surface area contributed by atoms with Gasteiger partial charge in [-0.2, -0.15) is 13.2 Å². The van der Waals surface area contributed by atoms with Crippen LogP contribution in [0.5, 0.6) is 0 Å². The van der Waals surface area contributed by atoms with Crippen molar-refractivity contribution in [2.75, 3.05) is 0 Å². The van der Waals surface area contributed by atoms with Gasteiger partial charge >= 0.3 is 6.18 Å². The van der Waals surface area contributed by atoms with Crippen LogP contribution in [0, 0.1) is 0 Å². The third-order valence-corrected chi connectivity index (χ3v) is 3.38. The van der Waals surface area contributed by atoms with Crippen molar-refractivity contribution in [1.82, 2.24) is 9.55 Å². The summed E-state index contributed by atoms with van der Waals surface area (Å²) in [5.41, 5.74) is 1.89. The number of benzene rings is 2. The maximum Gasteiger partial charge on any atom is 0.449 e. The van der Waals surface area contributed by atoms with Gasteiger partial charge in [-0.25, -0.2) is 4.98 Å². The number of nitrogens with zero attached hydrogens (tertiary/aromatic N) is 2. The lowest BCUT2D eigenvalue weighted by Gasteiger charge is -2.11. The minimum Gasteiger partial charge on any atom is -0.320 e. The number of aryl methyl sites for hydroxylation is 2. The van der Waals surface area contributed by atoms with Crippen LogP contribution in [-0.4, -0.2) is 9.55 Å². The van der Waals surface area contributed by atoms with Gasteiger partial charge in [0.2, 0.25) is 5.82 Å². The van der Waals surface area contributed by atoms with E-state index in [1.54, 1.807) is 24.3 Å². The molecule has 0 aliphatic heterocycles. The van der Waals surface area contributed by atoms with Crippen LogP contribution in [0.1, 0.15) is 11.4 Å². The third-order valence-electron chi connectivity index (χ3n) is 3.38. The van der Waals surface area contributed by atoms with Gasteiger partial charge < -0.3 is 4.57 Å². The van der Waals surface area contributed by atoms with Crippen LogP contribution < -0.4 is 0 Å². The molecular weight excluding hydrogens is 277 g/mol. The number of rotatable bonds is 3. The summed E-state index contributed by atoms with van der Waals surface area (Å²) in [6.07, 6.45) is -3.92. The van der Waals surface area contributed by atoms with Gasteiger partial charge in [0.1, 0.15) is 0 Å². The molecule has 3 rings (SSSR count). The first-order chi connectivity index (χ1) is 10.1. The van der Waals surface area contributed by atoms with Crippen LogP contribution in [0.15, 0.2) is 54.6 Å². The van der Waals surface area contributed by atoms with Crippen LogP contribution in [0.2, 0.25) is 0 Å². The first-order valence-corrected chi connectivity index (χ1v) is 6.62. The van der Waals surface area contributed by atoms with E-state index in [-0.39, 0.29) is 6.54 Å². The van der Waals surface area contributed by atoms with E-state index >= 15 is 0 Å². The second-order valence-electron chi connectivity index (χ2n) is 4.81. The highest BCUT2D eigenvalue weighted by molar-refractivity contribution is 5.76. The molecule has 0 unspecified atom stereocenters. The molecule has 0 saturated heterocycles. The summed E-state index contributed by atoms with van der Waals surface area (Å²) in [5.74, 6) is -0.834. The second-order valence-corrected chi connectivity index (χ2v) is 4.81. The molecule has 0 spiro atoms. The summed E-state index contributed by atoms with van der Waals surface area (Å²) in [6, 6.07) is 16.2. The quantitative estimate of drug-likeness (QED) is 0.703. The minimum atomic E-state index is -4.45. The lowest BCUT2D eigenvalue weighted by molar-refractivity contribution is -0.146. The van der Waals surface area contributed by atoms with Gasteiger partial charge in [-0.15, -0.1) is 0 Å². The van der Waals surface area contributed by atoms with E-state index in [0.717, 1.165) is 5.56 Å². The molecule has 0 radical (unpaired) electrons. The van der Waals surface area contributed by atoms with Gasteiger partial charge in [0.15, 0.2) is 0 Å². The van der Waals surface area contributed by atoms with Gasteiger partial charge in [0.05, 0.1) is 11.0 Å². The standard InChI is InChI=1S/C16H13F3N2/c17-16(18,19)15-20-13-8-4-5-9-14(13)21(15)11-10-12-6-2-1-3-7-12/h1-9H,10-11H2. The normalized spacial score (nSPS) is 12.0. The Kier molecular flexibility index (Phi) is 3.41. The Labute approximate surface area is 119 Å². The monoisotopic (exact) mass is 290 g/mol. The zero-order valence-corrected chi connectivity index (χ0v) is 11.1. The fourth-order valence-corrected chi connectivity index (χ4v) is 2.40. The van der Waals surface area contributed by atoms with Crippen LogP contribution in [0.3, 0.4) is 0 Å². The van der Waals surface area contributed by atoms with E-state index in [4.69, 9.17) is 0 Å². The predicted molar refractivity (Wildman–Crippen MR) is 74.9 cm³/mol. The zero-order chi connectivity index (χ0) is 14.9. The molecule has 0 aliphatic carbocycles. The highest BCUT2D eigenvalue weighted by Crippen LogP contribution is 2.31. The molecule has 0 bridgehead atoms. The SMILES string of the molecule is FC(F)(F)c1nc2ccccc2n1CCc1ccccc1. The summed E-state index contributed by atoms with van der Waals surface area (Å²) in [7, 11) is 0. The average molecular weight is 290 g/mol. The van der Waals surface area contributed by atoms with Crippen LogP contribution in [0.4, 0.5) is 13.2 Å². The maximum atomic E-state index is 13.1. The molecule has 2 aromatic carbocycles. The van der Waals surface area contributed by atoms with E-state index < -0.39 is 12.0 Å². The summed E-state index contributed by atoms with van der Waals surface area (Å²) in [6.45, 7) is 0.249. The Morgan fingerprint density at radius 2 is 1.57 bits per heavy atom. The summed E-state index contributed by atoms with van der Waals surface area (Å²) >= 11 is 0. The first kappa shape index (κ1) is 13.7. The van der Waals surface area contributed by atoms with Crippen molar-refractivity contribution in [2.24, 2.45) is 0 Å². The molecule has 2 nitrogen and oxygen atoms in total. The van der Waals surface area contributed by atoms with Crippen molar-refractivity contribution in [2.45, 2.75) is 19.1 Å². The van der Waals surface area contributed by atoms with Crippen LogP contribution in [-0.2, 0) is 19.1 Å². The highest BCUT2D eigenvalue weighted by Gasteiger charge is 2.37. The summed E-state index contributed by atoms with van der Waals surface area (Å²) in [5, 5.41) is 0. The van der Waals surface area contributed by atoms with Gasteiger partial charge in [-0.05, 0) is 24.1 Å². The lowest BCUT2D eigenvalue weighted by atomic mass is 10.1. The van der Waals surface area contributed by atoms with Gasteiger partial charge in [-0.1, -0.05) is 42.5 Å². The fourth-order valence-electron chi connectivity index (χ4n) is 2.40. The van der Waals surface area contributed by atoms with E-state index in [9.17, 15) is 13.2 Å². The van der Waals surface area contributed by atoms with Crippen LogP contribution >= 0.6 is 0 Å². The number of hydrogen-bond donors (Lipinski definition) is 0. The van der Waals surface area contributed by atoms with E-state index in [0.29, 0.717) is 17.5 Å².